The molecular weight excluding hydrogens is 226 g/mol. The number of rotatable bonds is 4. The average molecular weight is 241 g/mol. The normalized spacial score (nSPS) is 21.3. The molecule has 1 atom stereocenters. The van der Waals surface area contributed by atoms with E-state index in [0.29, 0.717) is 18.2 Å². The molecule has 0 bridgehead atoms. The first-order chi connectivity index (χ1) is 7.29. The first kappa shape index (κ1) is 11.0. The number of amides is 1. The summed E-state index contributed by atoms with van der Waals surface area (Å²) in [6.45, 7) is 1.76. The highest BCUT2D eigenvalue weighted by Gasteiger charge is 2.27. The zero-order chi connectivity index (χ0) is 10.7. The van der Waals surface area contributed by atoms with Gasteiger partial charge in [-0.2, -0.15) is 24.0 Å². The van der Waals surface area contributed by atoms with E-state index in [1.54, 1.807) is 11.3 Å². The zero-order valence-corrected chi connectivity index (χ0v) is 10.3. The lowest BCUT2D eigenvalue weighted by atomic mass is 10.1. The Morgan fingerprint density at radius 1 is 1.60 bits per heavy atom. The van der Waals surface area contributed by atoms with E-state index in [-0.39, 0.29) is 0 Å². The molecule has 82 valence electrons. The predicted molar refractivity (Wildman–Crippen MR) is 66.6 cm³/mol. The van der Waals surface area contributed by atoms with Gasteiger partial charge in [0.1, 0.15) is 0 Å². The minimum absolute atomic E-state index is 0.296. The minimum Gasteiger partial charge on any atom is -0.342 e. The van der Waals surface area contributed by atoms with Gasteiger partial charge in [-0.05, 0) is 40.5 Å². The van der Waals surface area contributed by atoms with Gasteiger partial charge in [-0.3, -0.25) is 4.79 Å². The molecule has 1 unspecified atom stereocenters. The maximum Gasteiger partial charge on any atom is 0.222 e. The molecule has 2 heterocycles. The molecule has 1 aromatic rings. The van der Waals surface area contributed by atoms with E-state index in [9.17, 15) is 4.79 Å². The number of thiol groups is 1. The van der Waals surface area contributed by atoms with Crippen LogP contribution in [0.1, 0.15) is 12.0 Å². The molecule has 2 nitrogen and oxygen atoms in total. The van der Waals surface area contributed by atoms with Crippen LogP contribution >= 0.6 is 24.0 Å². The second-order valence-corrected chi connectivity index (χ2v) is 5.12. The molecule has 0 aromatic carbocycles. The van der Waals surface area contributed by atoms with Crippen molar-refractivity contribution in [2.45, 2.75) is 12.8 Å². The van der Waals surface area contributed by atoms with E-state index >= 15 is 0 Å². The molecule has 0 aliphatic carbocycles. The first-order valence-corrected chi connectivity index (χ1v) is 6.77. The largest absolute Gasteiger partial charge is 0.342 e. The SMILES string of the molecule is O=C1CC(CS)CN1CCc1ccsc1. The molecule has 0 radical (unpaired) electrons. The lowest BCUT2D eigenvalue weighted by Gasteiger charge is -2.15. The lowest BCUT2D eigenvalue weighted by molar-refractivity contribution is -0.127. The van der Waals surface area contributed by atoms with Crippen LogP contribution in [0, 0.1) is 5.92 Å². The van der Waals surface area contributed by atoms with Crippen LogP contribution in [-0.2, 0) is 11.2 Å². The number of nitrogens with zero attached hydrogens (tertiary/aromatic N) is 1. The Morgan fingerprint density at radius 2 is 2.47 bits per heavy atom. The Balaban J connectivity index is 1.83. The molecule has 1 aromatic heterocycles. The third kappa shape index (κ3) is 2.75. The topological polar surface area (TPSA) is 20.3 Å². The fourth-order valence-electron chi connectivity index (χ4n) is 1.89. The summed E-state index contributed by atoms with van der Waals surface area (Å²) < 4.78 is 0. The average Bonchev–Trinajstić information content (AvgIpc) is 2.84. The van der Waals surface area contributed by atoms with Crippen molar-refractivity contribution in [1.82, 2.24) is 4.90 Å². The monoisotopic (exact) mass is 241 g/mol. The number of likely N-dealkylation sites (tertiary alicyclic amines) is 1. The molecule has 2 rings (SSSR count). The molecule has 0 saturated carbocycles. The highest BCUT2D eigenvalue weighted by molar-refractivity contribution is 7.80. The Labute approximate surface area is 99.7 Å². The Bertz CT molecular complexity index is 323. The van der Waals surface area contributed by atoms with E-state index in [2.05, 4.69) is 29.5 Å². The van der Waals surface area contributed by atoms with Gasteiger partial charge >= 0.3 is 0 Å². The molecule has 0 N–H and O–H groups in total. The molecule has 1 aliphatic heterocycles. The van der Waals surface area contributed by atoms with E-state index in [0.717, 1.165) is 25.3 Å². The highest BCUT2D eigenvalue weighted by Crippen LogP contribution is 2.19. The Morgan fingerprint density at radius 3 is 3.07 bits per heavy atom. The lowest BCUT2D eigenvalue weighted by Crippen LogP contribution is -2.27. The summed E-state index contributed by atoms with van der Waals surface area (Å²) in [4.78, 5) is 13.6. The summed E-state index contributed by atoms with van der Waals surface area (Å²) in [5.74, 6) is 1.58. The maximum atomic E-state index is 11.6. The summed E-state index contributed by atoms with van der Waals surface area (Å²) in [6, 6.07) is 2.13. The van der Waals surface area contributed by atoms with Crippen molar-refractivity contribution in [3.05, 3.63) is 22.4 Å². The number of carbonyl (C=O) groups excluding carboxylic acids is 1. The van der Waals surface area contributed by atoms with Gasteiger partial charge in [-0.15, -0.1) is 0 Å². The van der Waals surface area contributed by atoms with Crippen LogP contribution in [0.25, 0.3) is 0 Å². The Kier molecular flexibility index (Phi) is 3.70. The molecule has 1 aliphatic rings. The molecule has 1 amide bonds. The van der Waals surface area contributed by atoms with Gasteiger partial charge in [0.05, 0.1) is 0 Å². The molecule has 15 heavy (non-hydrogen) atoms. The summed E-state index contributed by atoms with van der Waals surface area (Å²) >= 11 is 5.96. The van der Waals surface area contributed by atoms with Crippen LogP contribution in [0.2, 0.25) is 0 Å². The quantitative estimate of drug-likeness (QED) is 0.800. The van der Waals surface area contributed by atoms with Gasteiger partial charge in [-0.1, -0.05) is 0 Å². The van der Waals surface area contributed by atoms with Gasteiger partial charge in [0.2, 0.25) is 5.91 Å². The molecule has 1 saturated heterocycles. The molecule has 4 heteroatoms. The van der Waals surface area contributed by atoms with Gasteiger partial charge in [0.25, 0.3) is 0 Å². The third-order valence-electron chi connectivity index (χ3n) is 2.80. The first-order valence-electron chi connectivity index (χ1n) is 5.19. The summed E-state index contributed by atoms with van der Waals surface area (Å²) in [6.07, 6.45) is 1.67. The highest BCUT2D eigenvalue weighted by atomic mass is 32.1. The molecular formula is C11H15NOS2. The van der Waals surface area contributed by atoms with E-state index < -0.39 is 0 Å². The number of carbonyl (C=O) groups is 1. The van der Waals surface area contributed by atoms with E-state index in [1.165, 1.54) is 5.56 Å². The Hall–Kier alpha value is -0.480. The van der Waals surface area contributed by atoms with Crippen molar-refractivity contribution < 1.29 is 4.79 Å². The maximum absolute atomic E-state index is 11.6. The minimum atomic E-state index is 0.296. The van der Waals surface area contributed by atoms with Crippen molar-refractivity contribution in [2.24, 2.45) is 5.92 Å². The second-order valence-electron chi connectivity index (χ2n) is 3.97. The summed E-state index contributed by atoms with van der Waals surface area (Å²) in [5, 5.41) is 4.23. The number of hydrogen-bond donors (Lipinski definition) is 1. The van der Waals surface area contributed by atoms with Crippen LogP contribution in [-0.4, -0.2) is 29.6 Å². The fourth-order valence-corrected chi connectivity index (χ4v) is 2.84. The third-order valence-corrected chi connectivity index (χ3v) is 4.05. The van der Waals surface area contributed by atoms with Gasteiger partial charge in [-0.25, -0.2) is 0 Å². The van der Waals surface area contributed by atoms with E-state index in [4.69, 9.17) is 0 Å². The summed E-state index contributed by atoms with van der Waals surface area (Å²) in [5.41, 5.74) is 1.34. The van der Waals surface area contributed by atoms with Gasteiger partial charge in [0, 0.05) is 19.5 Å². The number of thiophene rings is 1. The van der Waals surface area contributed by atoms with Crippen molar-refractivity contribution in [3.63, 3.8) is 0 Å². The summed E-state index contributed by atoms with van der Waals surface area (Å²) in [7, 11) is 0. The van der Waals surface area contributed by atoms with Crippen LogP contribution in [0.4, 0.5) is 0 Å². The van der Waals surface area contributed by atoms with Crippen LogP contribution in [0.3, 0.4) is 0 Å². The van der Waals surface area contributed by atoms with E-state index in [1.807, 2.05) is 4.90 Å². The molecule has 1 fully saturated rings. The van der Waals surface area contributed by atoms with Crippen LogP contribution in [0.5, 0.6) is 0 Å². The van der Waals surface area contributed by atoms with Crippen molar-refractivity contribution >= 4 is 29.9 Å². The van der Waals surface area contributed by atoms with Crippen molar-refractivity contribution in [2.75, 3.05) is 18.8 Å². The van der Waals surface area contributed by atoms with Crippen molar-refractivity contribution in [3.8, 4) is 0 Å². The molecule has 0 spiro atoms. The standard InChI is InChI=1S/C11H15NOS2/c13-11-5-10(7-14)6-12(11)3-1-9-2-4-15-8-9/h2,4,8,10,14H,1,3,5-7H2. The fraction of sp³-hybridized carbons (Fsp3) is 0.545. The smallest absolute Gasteiger partial charge is 0.222 e. The predicted octanol–water partition coefficient (Wildman–Crippen LogP) is 2.07. The number of hydrogen-bond acceptors (Lipinski definition) is 3. The van der Waals surface area contributed by atoms with Gasteiger partial charge < -0.3 is 4.90 Å². The van der Waals surface area contributed by atoms with Crippen molar-refractivity contribution in [1.29, 1.82) is 0 Å². The van der Waals surface area contributed by atoms with Crippen LogP contribution < -0.4 is 0 Å². The van der Waals surface area contributed by atoms with Gasteiger partial charge in [0.15, 0.2) is 0 Å². The second kappa shape index (κ2) is 5.03. The van der Waals surface area contributed by atoms with Crippen LogP contribution in [0.15, 0.2) is 16.8 Å². The zero-order valence-electron chi connectivity index (χ0n) is 8.56.